The van der Waals surface area contributed by atoms with Gasteiger partial charge in [-0.3, -0.25) is 0 Å². The maximum absolute atomic E-state index is 12.2. The second-order valence-corrected chi connectivity index (χ2v) is 6.34. The molecule has 2 rings (SSSR count). The van der Waals surface area contributed by atoms with E-state index in [2.05, 4.69) is 9.71 Å². The van der Waals surface area contributed by atoms with Gasteiger partial charge in [-0.1, -0.05) is 12.1 Å². The molecule has 0 radical (unpaired) electrons. The summed E-state index contributed by atoms with van der Waals surface area (Å²) in [5.41, 5.74) is 0.682. The van der Waals surface area contributed by atoms with E-state index in [-0.39, 0.29) is 10.8 Å². The second-order valence-electron chi connectivity index (χ2n) is 4.68. The molecule has 0 saturated carbocycles. The maximum Gasteiger partial charge on any atom is 0.260 e. The first-order chi connectivity index (χ1) is 9.29. The Balaban J connectivity index is 2.24. The van der Waals surface area contributed by atoms with Crippen LogP contribution < -0.4 is 4.72 Å². The number of phenols is 1. The van der Waals surface area contributed by atoms with Crippen LogP contribution in [0.3, 0.4) is 0 Å². The zero-order valence-corrected chi connectivity index (χ0v) is 12.3. The van der Waals surface area contributed by atoms with Crippen LogP contribution >= 0.6 is 0 Å². The van der Waals surface area contributed by atoms with Gasteiger partial charge < -0.3 is 9.67 Å². The highest BCUT2D eigenvalue weighted by atomic mass is 32.2. The molecular weight excluding hydrogens is 278 g/mol. The van der Waals surface area contributed by atoms with Gasteiger partial charge in [0.25, 0.3) is 10.0 Å². The predicted octanol–water partition coefficient (Wildman–Crippen LogP) is 1.47. The monoisotopic (exact) mass is 295 g/mol. The number of nitrogens with zero attached hydrogens (tertiary/aromatic N) is 2. The fourth-order valence-corrected chi connectivity index (χ4v) is 3.08. The Morgan fingerprint density at radius 1 is 1.40 bits per heavy atom. The number of aromatic nitrogens is 2. The van der Waals surface area contributed by atoms with Gasteiger partial charge in [0.2, 0.25) is 0 Å². The molecule has 2 aromatic rings. The van der Waals surface area contributed by atoms with Crippen LogP contribution in [0.4, 0.5) is 0 Å². The van der Waals surface area contributed by atoms with E-state index < -0.39 is 16.1 Å². The number of nitrogens with one attached hydrogen (secondary N) is 1. The smallest absolute Gasteiger partial charge is 0.260 e. The van der Waals surface area contributed by atoms with Crippen LogP contribution in [0.2, 0.25) is 0 Å². The largest absolute Gasteiger partial charge is 0.508 e. The van der Waals surface area contributed by atoms with Crippen LogP contribution in [0.1, 0.15) is 24.4 Å². The topological polar surface area (TPSA) is 84.2 Å². The lowest BCUT2D eigenvalue weighted by Gasteiger charge is -2.13. The molecule has 108 valence electrons. The number of hydrogen-bond donors (Lipinski definition) is 2. The average Bonchev–Trinajstić information content (AvgIpc) is 2.70. The minimum absolute atomic E-state index is 0.00972. The summed E-state index contributed by atoms with van der Waals surface area (Å²) in [7, 11) is -1.95. The first-order valence-electron chi connectivity index (χ1n) is 6.11. The zero-order valence-electron chi connectivity index (χ0n) is 11.5. The summed E-state index contributed by atoms with van der Waals surface area (Å²) in [4.78, 5) is 4.01. The molecule has 1 heterocycles. The van der Waals surface area contributed by atoms with Crippen LogP contribution in [0, 0.1) is 6.92 Å². The van der Waals surface area contributed by atoms with Crippen LogP contribution in [-0.4, -0.2) is 23.1 Å². The molecule has 6 nitrogen and oxygen atoms in total. The molecule has 0 aliphatic rings. The van der Waals surface area contributed by atoms with Crippen LogP contribution in [0.15, 0.2) is 35.5 Å². The zero-order chi connectivity index (χ0) is 14.9. The van der Waals surface area contributed by atoms with E-state index in [1.165, 1.54) is 18.3 Å². The third kappa shape index (κ3) is 3.00. The molecule has 1 atom stereocenters. The number of hydrogen-bond acceptors (Lipinski definition) is 4. The molecule has 0 bridgehead atoms. The van der Waals surface area contributed by atoms with Crippen molar-refractivity contribution in [3.8, 4) is 5.75 Å². The van der Waals surface area contributed by atoms with Crippen molar-refractivity contribution in [3.63, 3.8) is 0 Å². The molecule has 0 amide bonds. The van der Waals surface area contributed by atoms with Crippen molar-refractivity contribution in [2.45, 2.75) is 24.9 Å². The molecule has 0 aliphatic heterocycles. The van der Waals surface area contributed by atoms with Gasteiger partial charge in [-0.05, 0) is 31.5 Å². The van der Waals surface area contributed by atoms with Crippen LogP contribution in [-0.2, 0) is 17.1 Å². The minimum Gasteiger partial charge on any atom is -0.508 e. The van der Waals surface area contributed by atoms with Gasteiger partial charge in [-0.25, -0.2) is 18.1 Å². The van der Waals surface area contributed by atoms with E-state index in [1.807, 2.05) is 0 Å². The highest BCUT2D eigenvalue weighted by Gasteiger charge is 2.21. The van der Waals surface area contributed by atoms with Gasteiger partial charge in [0.05, 0.1) is 0 Å². The molecule has 0 fully saturated rings. The molecule has 1 aromatic heterocycles. The Bertz CT molecular complexity index is 703. The van der Waals surface area contributed by atoms with E-state index in [0.29, 0.717) is 11.4 Å². The van der Waals surface area contributed by atoms with Gasteiger partial charge >= 0.3 is 0 Å². The van der Waals surface area contributed by atoms with Gasteiger partial charge in [0, 0.05) is 19.3 Å². The summed E-state index contributed by atoms with van der Waals surface area (Å²) in [6.07, 6.45) is 1.47. The molecular formula is C13H17N3O3S. The summed E-state index contributed by atoms with van der Waals surface area (Å²) in [6, 6.07) is 6.01. The van der Waals surface area contributed by atoms with Crippen molar-refractivity contribution in [1.29, 1.82) is 0 Å². The first-order valence-corrected chi connectivity index (χ1v) is 7.59. The van der Waals surface area contributed by atoms with E-state index in [1.54, 1.807) is 37.6 Å². The van der Waals surface area contributed by atoms with Crippen molar-refractivity contribution >= 4 is 10.0 Å². The van der Waals surface area contributed by atoms with Crippen LogP contribution in [0.5, 0.6) is 5.75 Å². The van der Waals surface area contributed by atoms with E-state index in [4.69, 9.17) is 0 Å². The molecule has 20 heavy (non-hydrogen) atoms. The van der Waals surface area contributed by atoms with Crippen molar-refractivity contribution < 1.29 is 13.5 Å². The highest BCUT2D eigenvalue weighted by Crippen LogP contribution is 2.20. The number of phenolic OH excluding ortho intramolecular Hbond substituents is 1. The summed E-state index contributed by atoms with van der Waals surface area (Å²) in [5.74, 6) is 0.720. The van der Waals surface area contributed by atoms with Crippen molar-refractivity contribution in [2.75, 3.05) is 0 Å². The Kier molecular flexibility index (Phi) is 3.82. The van der Waals surface area contributed by atoms with E-state index >= 15 is 0 Å². The fourth-order valence-electron chi connectivity index (χ4n) is 1.81. The van der Waals surface area contributed by atoms with Crippen molar-refractivity contribution in [2.24, 2.45) is 7.05 Å². The second kappa shape index (κ2) is 5.26. The standard InChI is InChI=1S/C13H17N3O3S/c1-9(11-5-4-6-12(17)7-11)15-20(18,19)13-8-16(3)10(2)14-13/h4-9,15,17H,1-3H3/t9-/m1/s1. The Morgan fingerprint density at radius 2 is 2.10 bits per heavy atom. The molecule has 7 heteroatoms. The van der Waals surface area contributed by atoms with Crippen molar-refractivity contribution in [3.05, 3.63) is 41.9 Å². The van der Waals surface area contributed by atoms with Crippen LogP contribution in [0.25, 0.3) is 0 Å². The lowest BCUT2D eigenvalue weighted by atomic mass is 10.1. The number of rotatable bonds is 4. The lowest BCUT2D eigenvalue weighted by Crippen LogP contribution is -2.27. The number of sulfonamides is 1. The summed E-state index contributed by atoms with van der Waals surface area (Å²) < 4.78 is 28.6. The van der Waals surface area contributed by atoms with Gasteiger partial charge in [-0.2, -0.15) is 0 Å². The first kappa shape index (κ1) is 14.5. The van der Waals surface area contributed by atoms with E-state index in [9.17, 15) is 13.5 Å². The molecule has 2 N–H and O–H groups in total. The molecule has 0 unspecified atom stereocenters. The normalized spacial score (nSPS) is 13.3. The average molecular weight is 295 g/mol. The summed E-state index contributed by atoms with van der Waals surface area (Å²) >= 11 is 0. The summed E-state index contributed by atoms with van der Waals surface area (Å²) in [6.45, 7) is 3.44. The quantitative estimate of drug-likeness (QED) is 0.894. The number of aryl methyl sites for hydroxylation is 2. The third-order valence-electron chi connectivity index (χ3n) is 3.06. The Morgan fingerprint density at radius 3 is 2.65 bits per heavy atom. The summed E-state index contributed by atoms with van der Waals surface area (Å²) in [5, 5.41) is 9.41. The Labute approximate surface area is 118 Å². The van der Waals surface area contributed by atoms with Gasteiger partial charge in [-0.15, -0.1) is 0 Å². The van der Waals surface area contributed by atoms with Gasteiger partial charge in [0.1, 0.15) is 11.6 Å². The number of aromatic hydroxyl groups is 1. The molecule has 1 aromatic carbocycles. The predicted molar refractivity (Wildman–Crippen MR) is 74.8 cm³/mol. The molecule has 0 saturated heterocycles. The third-order valence-corrected chi connectivity index (χ3v) is 4.48. The lowest BCUT2D eigenvalue weighted by molar-refractivity contribution is 0.473. The Hall–Kier alpha value is -1.86. The maximum atomic E-state index is 12.2. The fraction of sp³-hybridized carbons (Fsp3) is 0.308. The van der Waals surface area contributed by atoms with Crippen molar-refractivity contribution in [1.82, 2.24) is 14.3 Å². The number of imidazole rings is 1. The number of benzene rings is 1. The minimum atomic E-state index is -3.69. The molecule has 0 spiro atoms. The SMILES string of the molecule is Cc1nc(S(=O)(=O)N[C@H](C)c2cccc(O)c2)cn1C. The van der Waals surface area contributed by atoms with Gasteiger partial charge in [0.15, 0.2) is 5.03 Å². The van der Waals surface area contributed by atoms with E-state index in [0.717, 1.165) is 0 Å². The highest BCUT2D eigenvalue weighted by molar-refractivity contribution is 7.89. The molecule has 0 aliphatic carbocycles.